The van der Waals surface area contributed by atoms with E-state index in [1.807, 2.05) is 26.0 Å². The predicted octanol–water partition coefficient (Wildman–Crippen LogP) is 11.9. The molecule has 0 amide bonds. The molecule has 49 heavy (non-hydrogen) atoms. The smallest absolute Gasteiger partial charge is 0.164 e. The Labute approximate surface area is 284 Å². The second-order valence-electron chi connectivity index (χ2n) is 11.9. The van der Waals surface area contributed by atoms with E-state index < -0.39 is 43.6 Å². The third-order valence-corrected chi connectivity index (χ3v) is 11.8. The van der Waals surface area contributed by atoms with Gasteiger partial charge < -0.3 is 0 Å². The molecule has 7 heteroatoms. The summed E-state index contributed by atoms with van der Waals surface area (Å²) in [6, 6.07) is 34.7. The Kier molecular flexibility index (Phi) is 9.84. The van der Waals surface area contributed by atoms with E-state index in [2.05, 4.69) is 0 Å². The summed E-state index contributed by atoms with van der Waals surface area (Å²) >= 11 is 0. The Hall–Kier alpha value is -5.01. The molecule has 0 bridgehead atoms. The second-order valence-corrected chi connectivity index (χ2v) is 14.3. The number of hydrogen-bond acceptors (Lipinski definition) is 2. The van der Waals surface area contributed by atoms with Crippen LogP contribution in [0.4, 0.5) is 17.6 Å². The van der Waals surface area contributed by atoms with Gasteiger partial charge in [-0.05, 0) is 117 Å². The molecule has 0 aliphatic rings. The van der Waals surface area contributed by atoms with Gasteiger partial charge in [-0.25, -0.2) is 26.0 Å². The fourth-order valence-electron chi connectivity index (χ4n) is 6.75. The van der Waals surface area contributed by atoms with Gasteiger partial charge in [0.2, 0.25) is 0 Å². The van der Waals surface area contributed by atoms with Crippen LogP contribution in [0.1, 0.15) is 48.3 Å². The molecule has 2 atom stereocenters. The van der Waals surface area contributed by atoms with Crippen molar-refractivity contribution in [3.05, 3.63) is 168 Å². The largest absolute Gasteiger partial charge is 0.228 e. The molecular formula is C42H34F4O2S. The molecule has 0 heterocycles. The van der Waals surface area contributed by atoms with Gasteiger partial charge in [0.15, 0.2) is 9.84 Å². The maximum Gasteiger partial charge on any atom is 0.164 e. The molecule has 0 radical (unpaired) electrons. The highest BCUT2D eigenvalue weighted by Gasteiger charge is 2.37. The van der Waals surface area contributed by atoms with Crippen molar-refractivity contribution in [2.75, 3.05) is 0 Å². The number of benzene rings is 6. The minimum Gasteiger partial charge on any atom is -0.228 e. The molecule has 248 valence electrons. The second kappa shape index (κ2) is 14.2. The summed E-state index contributed by atoms with van der Waals surface area (Å²) in [5, 5.41) is -1.96. The van der Waals surface area contributed by atoms with Crippen LogP contribution in [-0.2, 0) is 9.84 Å². The average Bonchev–Trinajstić information content (AvgIpc) is 3.10. The van der Waals surface area contributed by atoms with E-state index in [9.17, 15) is 17.6 Å². The first-order valence-corrected chi connectivity index (χ1v) is 17.8. The first kappa shape index (κ1) is 33.9. The van der Waals surface area contributed by atoms with Gasteiger partial charge in [-0.3, -0.25) is 0 Å². The Bertz CT molecular complexity index is 2030. The van der Waals surface area contributed by atoms with Crippen LogP contribution in [0.2, 0.25) is 0 Å². The highest BCUT2D eigenvalue weighted by molar-refractivity contribution is 7.91. The maximum atomic E-state index is 15.1. The van der Waals surface area contributed by atoms with Crippen LogP contribution in [-0.4, -0.2) is 8.42 Å². The van der Waals surface area contributed by atoms with Crippen LogP contribution in [0.5, 0.6) is 0 Å². The molecule has 0 aliphatic carbocycles. The van der Waals surface area contributed by atoms with Crippen LogP contribution in [0.25, 0.3) is 44.5 Å². The van der Waals surface area contributed by atoms with Crippen LogP contribution in [0, 0.1) is 23.3 Å². The zero-order chi connectivity index (χ0) is 34.7. The monoisotopic (exact) mass is 678 g/mol. The Morgan fingerprint density at radius 3 is 1.00 bits per heavy atom. The Morgan fingerprint density at radius 1 is 0.429 bits per heavy atom. The normalized spacial score (nSPS) is 12.9. The molecule has 0 fully saturated rings. The maximum absolute atomic E-state index is 15.1. The van der Waals surface area contributed by atoms with Gasteiger partial charge in [-0.1, -0.05) is 98.8 Å². The molecular weight excluding hydrogens is 645 g/mol. The summed E-state index contributed by atoms with van der Waals surface area (Å²) in [4.78, 5) is 0. The zero-order valence-electron chi connectivity index (χ0n) is 27.0. The number of hydrogen-bond donors (Lipinski definition) is 0. The van der Waals surface area contributed by atoms with Crippen LogP contribution >= 0.6 is 0 Å². The lowest BCUT2D eigenvalue weighted by Gasteiger charge is -2.28. The Balaban J connectivity index is 1.57. The average molecular weight is 679 g/mol. The molecule has 0 saturated heterocycles. The summed E-state index contributed by atoms with van der Waals surface area (Å²) < 4.78 is 86.4. The summed E-state index contributed by atoms with van der Waals surface area (Å²) in [5.41, 5.74) is 6.36. The molecule has 0 N–H and O–H groups in total. The SMILES string of the molecule is CCC(c1cccc(-c2ccc(F)cc2)c1-c1ccc(F)cc1)S(=O)(=O)C(CC)c1cccc(-c2ccc(F)cc2)c1-c1ccc(F)cc1. The lowest BCUT2D eigenvalue weighted by atomic mass is 9.88. The fourth-order valence-corrected chi connectivity index (χ4v) is 9.18. The first-order chi connectivity index (χ1) is 23.6. The van der Waals surface area contributed by atoms with Crippen molar-refractivity contribution in [1.82, 2.24) is 0 Å². The molecule has 6 rings (SSSR count). The van der Waals surface area contributed by atoms with Crippen molar-refractivity contribution in [2.45, 2.75) is 37.2 Å². The molecule has 0 aromatic heterocycles. The molecule has 0 saturated carbocycles. The minimum atomic E-state index is -4.03. The molecule has 2 unspecified atom stereocenters. The molecule has 0 aliphatic heterocycles. The van der Waals surface area contributed by atoms with Gasteiger partial charge in [0.1, 0.15) is 23.3 Å². The summed E-state index contributed by atoms with van der Waals surface area (Å²) in [6.07, 6.45) is 0.479. The van der Waals surface area contributed by atoms with E-state index in [0.717, 1.165) is 0 Å². The molecule has 0 spiro atoms. The van der Waals surface area contributed by atoms with Crippen molar-refractivity contribution in [3.8, 4) is 44.5 Å². The first-order valence-electron chi connectivity index (χ1n) is 16.1. The number of sulfone groups is 1. The van der Waals surface area contributed by atoms with E-state index in [-0.39, 0.29) is 12.8 Å². The van der Waals surface area contributed by atoms with Crippen molar-refractivity contribution in [1.29, 1.82) is 0 Å². The summed E-state index contributed by atoms with van der Waals surface area (Å²) in [7, 11) is -4.03. The van der Waals surface area contributed by atoms with Crippen LogP contribution in [0.3, 0.4) is 0 Å². The van der Waals surface area contributed by atoms with Crippen molar-refractivity contribution in [3.63, 3.8) is 0 Å². The predicted molar refractivity (Wildman–Crippen MR) is 189 cm³/mol. The Morgan fingerprint density at radius 2 is 0.714 bits per heavy atom. The van der Waals surface area contributed by atoms with Gasteiger partial charge in [-0.15, -0.1) is 0 Å². The lowest BCUT2D eigenvalue weighted by Crippen LogP contribution is -2.22. The zero-order valence-corrected chi connectivity index (χ0v) is 27.8. The topological polar surface area (TPSA) is 34.1 Å². The third kappa shape index (κ3) is 6.81. The van der Waals surface area contributed by atoms with Gasteiger partial charge in [0, 0.05) is 0 Å². The summed E-state index contributed by atoms with van der Waals surface area (Å²) in [5.74, 6) is -1.65. The van der Waals surface area contributed by atoms with Gasteiger partial charge >= 0.3 is 0 Å². The highest BCUT2D eigenvalue weighted by Crippen LogP contribution is 2.48. The van der Waals surface area contributed by atoms with Gasteiger partial charge in [-0.2, -0.15) is 0 Å². The van der Waals surface area contributed by atoms with E-state index in [1.165, 1.54) is 48.5 Å². The van der Waals surface area contributed by atoms with Crippen LogP contribution in [0.15, 0.2) is 133 Å². The fraction of sp³-hybridized carbons (Fsp3) is 0.143. The van der Waals surface area contributed by atoms with E-state index in [0.29, 0.717) is 55.6 Å². The van der Waals surface area contributed by atoms with E-state index >= 15 is 8.42 Å². The summed E-state index contributed by atoms with van der Waals surface area (Å²) in [6.45, 7) is 3.65. The quantitative estimate of drug-likeness (QED) is 0.135. The van der Waals surface area contributed by atoms with Gasteiger partial charge in [0.05, 0.1) is 10.5 Å². The van der Waals surface area contributed by atoms with Gasteiger partial charge in [0.25, 0.3) is 0 Å². The molecule has 2 nitrogen and oxygen atoms in total. The van der Waals surface area contributed by atoms with Crippen LogP contribution < -0.4 is 0 Å². The van der Waals surface area contributed by atoms with E-state index in [4.69, 9.17) is 0 Å². The number of halogens is 4. The number of rotatable bonds is 10. The third-order valence-electron chi connectivity index (χ3n) is 9.00. The van der Waals surface area contributed by atoms with Crippen molar-refractivity contribution in [2.24, 2.45) is 0 Å². The highest BCUT2D eigenvalue weighted by atomic mass is 32.2. The van der Waals surface area contributed by atoms with E-state index in [1.54, 1.807) is 72.8 Å². The standard InChI is InChI=1S/C42H34F4O2S/c1-3-39(37-9-5-7-35(27-11-19-31(43)20-12-27)41(37)29-15-23-33(45)24-16-29)49(47,48)40(4-2)38-10-6-8-36(28-13-21-32(44)22-14-28)42(38)30-17-25-34(46)26-18-30/h5-26,39-40H,3-4H2,1-2H3. The minimum absolute atomic E-state index is 0.240. The lowest BCUT2D eigenvalue weighted by molar-refractivity contribution is 0.562. The van der Waals surface area contributed by atoms with Crippen molar-refractivity contribution >= 4 is 9.84 Å². The van der Waals surface area contributed by atoms with Crippen molar-refractivity contribution < 1.29 is 26.0 Å². The molecule has 6 aromatic rings. The molecule has 6 aromatic carbocycles.